The Bertz CT molecular complexity index is 1140. The molecular formula is C22H17N3O4. The quantitative estimate of drug-likeness (QED) is 0.394. The molecule has 0 saturated heterocycles. The number of benzene rings is 2. The van der Waals surface area contributed by atoms with E-state index >= 15 is 0 Å². The highest BCUT2D eigenvalue weighted by atomic mass is 16.5. The summed E-state index contributed by atoms with van der Waals surface area (Å²) in [6.07, 6.45) is 3.02. The maximum absolute atomic E-state index is 12.1. The van der Waals surface area contributed by atoms with E-state index in [9.17, 15) is 20.0 Å². The Morgan fingerprint density at radius 1 is 1.14 bits per heavy atom. The first-order chi connectivity index (χ1) is 14.0. The second-order valence-electron chi connectivity index (χ2n) is 6.10. The summed E-state index contributed by atoms with van der Waals surface area (Å²) < 4.78 is 6.24. The number of aliphatic carboxylic acids is 1. The Kier molecular flexibility index (Phi) is 5.47. The molecule has 0 atom stereocenters. The number of carbonyl (C=O) groups is 2. The van der Waals surface area contributed by atoms with Crippen LogP contribution in [-0.4, -0.2) is 28.7 Å². The third kappa shape index (κ3) is 3.87. The van der Waals surface area contributed by atoms with Gasteiger partial charge in [-0.25, -0.2) is 9.59 Å². The number of carbonyl (C=O) groups excluding carboxylic acids is 1. The van der Waals surface area contributed by atoms with E-state index in [0.29, 0.717) is 16.8 Å². The molecule has 0 spiro atoms. The summed E-state index contributed by atoms with van der Waals surface area (Å²) in [5.41, 5.74) is 8.15. The van der Waals surface area contributed by atoms with Crippen LogP contribution in [0, 0.1) is 11.3 Å². The van der Waals surface area contributed by atoms with Crippen LogP contribution in [0.1, 0.15) is 27.2 Å². The van der Waals surface area contributed by atoms with Crippen molar-refractivity contribution < 1.29 is 19.4 Å². The molecule has 0 bridgehead atoms. The van der Waals surface area contributed by atoms with Gasteiger partial charge >= 0.3 is 11.9 Å². The average molecular weight is 387 g/mol. The van der Waals surface area contributed by atoms with Crippen molar-refractivity contribution in [2.24, 2.45) is 0 Å². The normalized spacial score (nSPS) is 11.0. The maximum Gasteiger partial charge on any atom is 0.357 e. The van der Waals surface area contributed by atoms with Gasteiger partial charge in [0.1, 0.15) is 6.07 Å². The fourth-order valence-electron chi connectivity index (χ4n) is 2.90. The summed E-state index contributed by atoms with van der Waals surface area (Å²) in [5, 5.41) is 18.7. The Morgan fingerprint density at radius 2 is 1.79 bits per heavy atom. The molecule has 0 aliphatic rings. The standard InChI is InChI=1S/C22H17N3O4/c1-29-22(28)20-19(24)16(12-23)13-25(20)17-9-7-14(8-10-17)11-18(21(26)27)15-5-3-2-4-6-15/h2-11,13H,24H2,1H3,(H,26,27). The highest BCUT2D eigenvalue weighted by molar-refractivity contribution is 6.20. The number of methoxy groups -OCH3 is 1. The lowest BCUT2D eigenvalue weighted by atomic mass is 10.0. The van der Waals surface area contributed by atoms with Gasteiger partial charge in [-0.3, -0.25) is 0 Å². The molecule has 3 N–H and O–H groups in total. The zero-order valence-electron chi connectivity index (χ0n) is 15.5. The Hall–Kier alpha value is -4.31. The van der Waals surface area contributed by atoms with Gasteiger partial charge in [0.25, 0.3) is 0 Å². The molecule has 0 saturated carbocycles. The van der Waals surface area contributed by atoms with Gasteiger partial charge in [0.2, 0.25) is 0 Å². The molecule has 0 aliphatic heterocycles. The van der Waals surface area contributed by atoms with E-state index < -0.39 is 11.9 Å². The van der Waals surface area contributed by atoms with Crippen LogP contribution in [-0.2, 0) is 9.53 Å². The first-order valence-corrected chi connectivity index (χ1v) is 8.56. The predicted molar refractivity (Wildman–Crippen MR) is 108 cm³/mol. The Labute approximate surface area is 166 Å². The highest BCUT2D eigenvalue weighted by Crippen LogP contribution is 2.26. The highest BCUT2D eigenvalue weighted by Gasteiger charge is 2.21. The van der Waals surface area contributed by atoms with Crippen molar-refractivity contribution in [1.29, 1.82) is 5.26 Å². The number of hydrogen-bond donors (Lipinski definition) is 2. The van der Waals surface area contributed by atoms with Gasteiger partial charge in [-0.1, -0.05) is 42.5 Å². The number of carboxylic acids is 1. The van der Waals surface area contributed by atoms with Crippen LogP contribution in [0.4, 0.5) is 5.69 Å². The molecule has 29 heavy (non-hydrogen) atoms. The molecular weight excluding hydrogens is 370 g/mol. The number of hydrogen-bond acceptors (Lipinski definition) is 5. The fraction of sp³-hybridized carbons (Fsp3) is 0.0455. The first-order valence-electron chi connectivity index (χ1n) is 8.56. The zero-order valence-corrected chi connectivity index (χ0v) is 15.5. The predicted octanol–water partition coefficient (Wildman–Crippen LogP) is 3.34. The molecule has 2 aromatic carbocycles. The third-order valence-corrected chi connectivity index (χ3v) is 4.34. The Morgan fingerprint density at radius 3 is 2.34 bits per heavy atom. The van der Waals surface area contributed by atoms with Crippen LogP contribution in [0.5, 0.6) is 0 Å². The number of nitrogens with zero attached hydrogens (tertiary/aromatic N) is 2. The van der Waals surface area contributed by atoms with Gasteiger partial charge in [-0.15, -0.1) is 0 Å². The molecule has 7 heteroatoms. The smallest absolute Gasteiger partial charge is 0.357 e. The minimum absolute atomic E-state index is 0.0422. The third-order valence-electron chi connectivity index (χ3n) is 4.34. The number of anilines is 1. The van der Waals surface area contributed by atoms with E-state index in [1.54, 1.807) is 54.6 Å². The Balaban J connectivity index is 2.03. The summed E-state index contributed by atoms with van der Waals surface area (Å²) in [7, 11) is 1.23. The number of rotatable bonds is 5. The van der Waals surface area contributed by atoms with Crippen molar-refractivity contribution in [3.8, 4) is 11.8 Å². The largest absolute Gasteiger partial charge is 0.478 e. The van der Waals surface area contributed by atoms with Crippen LogP contribution in [0.3, 0.4) is 0 Å². The van der Waals surface area contributed by atoms with Crippen LogP contribution in [0.25, 0.3) is 17.3 Å². The molecule has 0 amide bonds. The average Bonchev–Trinajstić information content (AvgIpc) is 3.08. The fourth-order valence-corrected chi connectivity index (χ4v) is 2.90. The van der Waals surface area contributed by atoms with Crippen LogP contribution in [0.2, 0.25) is 0 Å². The van der Waals surface area contributed by atoms with E-state index in [1.165, 1.54) is 17.9 Å². The molecule has 0 fully saturated rings. The van der Waals surface area contributed by atoms with Crippen molar-refractivity contribution in [1.82, 2.24) is 4.57 Å². The zero-order chi connectivity index (χ0) is 21.0. The van der Waals surface area contributed by atoms with Crippen LogP contribution in [0.15, 0.2) is 60.8 Å². The molecule has 3 aromatic rings. The molecule has 144 valence electrons. The second kappa shape index (κ2) is 8.15. The number of nitriles is 1. The van der Waals surface area contributed by atoms with Gasteiger partial charge in [-0.2, -0.15) is 5.26 Å². The van der Waals surface area contributed by atoms with Gasteiger partial charge in [0.05, 0.1) is 23.9 Å². The molecule has 1 aromatic heterocycles. The van der Waals surface area contributed by atoms with Gasteiger partial charge in [-0.05, 0) is 29.3 Å². The lowest BCUT2D eigenvalue weighted by Crippen LogP contribution is -2.11. The summed E-state index contributed by atoms with van der Waals surface area (Å²) >= 11 is 0. The summed E-state index contributed by atoms with van der Waals surface area (Å²) in [4.78, 5) is 23.7. The van der Waals surface area contributed by atoms with Crippen molar-refractivity contribution in [2.45, 2.75) is 0 Å². The van der Waals surface area contributed by atoms with Crippen molar-refractivity contribution >= 4 is 29.3 Å². The van der Waals surface area contributed by atoms with Gasteiger partial charge in [0, 0.05) is 11.9 Å². The summed E-state index contributed by atoms with van der Waals surface area (Å²) in [5.74, 6) is -1.70. The van der Waals surface area contributed by atoms with Crippen molar-refractivity contribution in [3.63, 3.8) is 0 Å². The number of nitrogen functional groups attached to an aromatic ring is 1. The molecule has 7 nitrogen and oxygen atoms in total. The van der Waals surface area contributed by atoms with Crippen LogP contribution < -0.4 is 5.73 Å². The van der Waals surface area contributed by atoms with E-state index in [-0.39, 0.29) is 22.5 Å². The minimum atomic E-state index is -1.04. The van der Waals surface area contributed by atoms with E-state index in [4.69, 9.17) is 10.5 Å². The van der Waals surface area contributed by atoms with E-state index in [0.717, 1.165) is 0 Å². The lowest BCUT2D eigenvalue weighted by Gasteiger charge is -2.09. The lowest BCUT2D eigenvalue weighted by molar-refractivity contribution is -0.130. The molecule has 0 aliphatic carbocycles. The first kappa shape index (κ1) is 19.5. The second-order valence-corrected chi connectivity index (χ2v) is 6.10. The number of nitrogens with two attached hydrogens (primary N) is 1. The summed E-state index contributed by atoms with van der Waals surface area (Å²) in [6, 6.07) is 17.6. The van der Waals surface area contributed by atoms with E-state index in [2.05, 4.69) is 0 Å². The van der Waals surface area contributed by atoms with E-state index in [1.807, 2.05) is 12.1 Å². The number of aromatic nitrogens is 1. The van der Waals surface area contributed by atoms with Crippen molar-refractivity contribution in [2.75, 3.05) is 12.8 Å². The minimum Gasteiger partial charge on any atom is -0.478 e. The molecule has 0 unspecified atom stereocenters. The number of carboxylic acid groups (broad SMARTS) is 1. The SMILES string of the molecule is COC(=O)c1c(N)c(C#N)cn1-c1ccc(C=C(C(=O)O)c2ccccc2)cc1. The topological polar surface area (TPSA) is 118 Å². The number of ether oxygens (including phenoxy) is 1. The molecule has 3 rings (SSSR count). The monoisotopic (exact) mass is 387 g/mol. The number of esters is 1. The molecule has 0 radical (unpaired) electrons. The van der Waals surface area contributed by atoms with Gasteiger partial charge in [0.15, 0.2) is 5.69 Å². The van der Waals surface area contributed by atoms with Crippen LogP contribution >= 0.6 is 0 Å². The summed E-state index contributed by atoms with van der Waals surface area (Å²) in [6.45, 7) is 0. The van der Waals surface area contributed by atoms with Crippen molar-refractivity contribution in [3.05, 3.63) is 83.2 Å². The maximum atomic E-state index is 12.1. The van der Waals surface area contributed by atoms with Gasteiger partial charge < -0.3 is 20.1 Å². The molecule has 1 heterocycles.